The Bertz CT molecular complexity index is 378. The van der Waals surface area contributed by atoms with Crippen LogP contribution in [0.5, 0.6) is 0 Å². The van der Waals surface area contributed by atoms with Crippen molar-refractivity contribution in [2.24, 2.45) is 11.5 Å². The lowest BCUT2D eigenvalue weighted by atomic mass is 10.4. The quantitative estimate of drug-likeness (QED) is 0.580. The van der Waals surface area contributed by atoms with Crippen molar-refractivity contribution in [2.75, 3.05) is 25.9 Å². The summed E-state index contributed by atoms with van der Waals surface area (Å²) in [6, 6.07) is 0. The Hall–Kier alpha value is -0.100. The third-order valence-electron chi connectivity index (χ3n) is 1.90. The van der Waals surface area contributed by atoms with Gasteiger partial charge in [0, 0.05) is 19.8 Å². The summed E-state index contributed by atoms with van der Waals surface area (Å²) in [6.45, 7) is 1.10. The van der Waals surface area contributed by atoms with Crippen molar-refractivity contribution in [1.29, 1.82) is 0 Å². The zero-order valence-electron chi connectivity index (χ0n) is 9.91. The largest absolute Gasteiger partial charge is 0.340 e. The van der Waals surface area contributed by atoms with Gasteiger partial charge in [-0.05, 0) is 5.82 Å². The lowest BCUT2D eigenvalue weighted by Crippen LogP contribution is -2.27. The first-order valence-corrected chi connectivity index (χ1v) is 9.13. The van der Waals surface area contributed by atoms with Crippen molar-refractivity contribution in [2.45, 2.75) is 12.3 Å². The van der Waals surface area contributed by atoms with E-state index in [1.54, 1.807) is 0 Å². The van der Waals surface area contributed by atoms with Gasteiger partial charge >= 0.3 is 6.17 Å². The van der Waals surface area contributed by atoms with Crippen LogP contribution < -0.4 is 11.5 Å². The fourth-order valence-electron chi connectivity index (χ4n) is 1.11. The van der Waals surface area contributed by atoms with E-state index in [2.05, 4.69) is 0 Å². The minimum absolute atomic E-state index is 0.143. The predicted molar refractivity (Wildman–Crippen MR) is 66.3 cm³/mol. The van der Waals surface area contributed by atoms with Gasteiger partial charge in [-0.3, -0.25) is 9.13 Å². The monoisotopic (exact) mass is 306 g/mol. The maximum Gasteiger partial charge on any atom is 0.312 e. The van der Waals surface area contributed by atoms with Crippen LogP contribution in [0.2, 0.25) is 0 Å². The molecular weight excluding hydrogens is 288 g/mol. The van der Waals surface area contributed by atoms with Gasteiger partial charge in [-0.15, -0.1) is 0 Å². The normalized spacial score (nSPS) is 20.8. The minimum atomic E-state index is -4.66. The van der Waals surface area contributed by atoms with Gasteiger partial charge in [0.1, 0.15) is 0 Å². The fourth-order valence-corrected chi connectivity index (χ4v) is 3.52. The summed E-state index contributed by atoms with van der Waals surface area (Å²) in [4.78, 5) is 9.01. The summed E-state index contributed by atoms with van der Waals surface area (Å²) in [7, 11) is -7.87. The second-order valence-corrected chi connectivity index (χ2v) is 8.30. The molecule has 0 fully saturated rings. The standard InChI is InChI=1S/C8H18F2N2O4P2/c1-17(13,4-2-3-11)16-7(5-12)6-18(14,15)8(9)10/h2,4,7-8H,3,5-6,11-12H2,1H3,(H,14,15). The zero-order chi connectivity index (χ0) is 14.4. The van der Waals surface area contributed by atoms with Crippen molar-refractivity contribution >= 4 is 14.7 Å². The maximum atomic E-state index is 12.2. The molecule has 0 bridgehead atoms. The van der Waals surface area contributed by atoms with E-state index in [9.17, 15) is 17.9 Å². The second kappa shape index (κ2) is 7.48. The highest BCUT2D eigenvalue weighted by atomic mass is 31.2. The van der Waals surface area contributed by atoms with Gasteiger partial charge in [0.05, 0.1) is 12.3 Å². The van der Waals surface area contributed by atoms with Crippen molar-refractivity contribution in [3.05, 3.63) is 11.9 Å². The Morgan fingerprint density at radius 2 is 1.94 bits per heavy atom. The van der Waals surface area contributed by atoms with Gasteiger partial charge in [-0.2, -0.15) is 8.78 Å². The fraction of sp³-hybridized carbons (Fsp3) is 0.750. The molecule has 6 nitrogen and oxygen atoms in total. The molecule has 108 valence electrons. The number of hydrogen-bond acceptors (Lipinski definition) is 5. The minimum Gasteiger partial charge on any atom is -0.340 e. The van der Waals surface area contributed by atoms with E-state index in [1.165, 1.54) is 18.6 Å². The number of nitrogens with two attached hydrogens (primary N) is 2. The Morgan fingerprint density at radius 1 is 1.39 bits per heavy atom. The molecule has 0 heterocycles. The van der Waals surface area contributed by atoms with E-state index in [0.717, 1.165) is 0 Å². The van der Waals surface area contributed by atoms with Gasteiger partial charge in [0.15, 0.2) is 0 Å². The van der Waals surface area contributed by atoms with Crippen LogP contribution in [0, 0.1) is 0 Å². The first kappa shape index (κ1) is 17.9. The first-order chi connectivity index (χ1) is 8.14. The SMILES string of the molecule is CP(=O)(C=CCN)OC(CN)CP(=O)(O)C(F)F. The molecule has 18 heavy (non-hydrogen) atoms. The number of alkyl halides is 2. The summed E-state index contributed by atoms with van der Waals surface area (Å²) in [5, 5.41) is 0. The molecule has 0 aromatic carbocycles. The molecule has 3 atom stereocenters. The van der Waals surface area contributed by atoms with Gasteiger partial charge in [0.25, 0.3) is 7.37 Å². The first-order valence-electron chi connectivity index (χ1n) is 5.07. The summed E-state index contributed by atoms with van der Waals surface area (Å²) >= 11 is 0. The predicted octanol–water partition coefficient (Wildman–Crippen LogP) is 1.20. The summed E-state index contributed by atoms with van der Waals surface area (Å²) in [5.41, 5.74) is 10.4. The molecule has 0 aliphatic heterocycles. The van der Waals surface area contributed by atoms with Crippen LogP contribution in [-0.4, -0.2) is 43.1 Å². The lowest BCUT2D eigenvalue weighted by Gasteiger charge is -2.21. The number of rotatable bonds is 8. The van der Waals surface area contributed by atoms with Gasteiger partial charge in [-0.1, -0.05) is 6.08 Å². The van der Waals surface area contributed by atoms with E-state index < -0.39 is 33.2 Å². The highest BCUT2D eigenvalue weighted by Crippen LogP contribution is 2.52. The molecule has 0 spiro atoms. The van der Waals surface area contributed by atoms with E-state index in [1.807, 2.05) is 0 Å². The van der Waals surface area contributed by atoms with Crippen LogP contribution >= 0.6 is 14.7 Å². The van der Waals surface area contributed by atoms with Crippen LogP contribution in [0.3, 0.4) is 0 Å². The molecule has 3 unspecified atom stereocenters. The van der Waals surface area contributed by atoms with Crippen molar-refractivity contribution < 1.29 is 27.3 Å². The Kier molecular flexibility index (Phi) is 7.44. The third kappa shape index (κ3) is 6.73. The summed E-state index contributed by atoms with van der Waals surface area (Å²) in [5.74, 6) is 1.21. The van der Waals surface area contributed by atoms with Crippen molar-refractivity contribution in [1.82, 2.24) is 0 Å². The topological polar surface area (TPSA) is 116 Å². The van der Waals surface area contributed by atoms with E-state index in [-0.39, 0.29) is 13.1 Å². The smallest absolute Gasteiger partial charge is 0.312 e. The second-order valence-electron chi connectivity index (χ2n) is 3.71. The molecule has 0 aliphatic rings. The average Bonchev–Trinajstić information content (AvgIpc) is 2.24. The van der Waals surface area contributed by atoms with Crippen LogP contribution in [0.15, 0.2) is 11.9 Å². The molecule has 0 amide bonds. The molecule has 0 aromatic heterocycles. The molecule has 0 aliphatic carbocycles. The Balaban J connectivity index is 4.68. The molecule has 0 radical (unpaired) electrons. The molecule has 0 saturated heterocycles. The van der Waals surface area contributed by atoms with Crippen molar-refractivity contribution in [3.8, 4) is 0 Å². The summed E-state index contributed by atoms with van der Waals surface area (Å²) in [6.07, 6.45) is -3.99. The Labute approximate surface area is 104 Å². The van der Waals surface area contributed by atoms with Gasteiger partial charge in [-0.25, -0.2) is 0 Å². The Morgan fingerprint density at radius 3 is 2.33 bits per heavy atom. The van der Waals surface area contributed by atoms with Crippen LogP contribution in [0.25, 0.3) is 0 Å². The van der Waals surface area contributed by atoms with Gasteiger partial charge in [0.2, 0.25) is 7.37 Å². The number of hydrogen-bond donors (Lipinski definition) is 3. The number of halogens is 2. The van der Waals surface area contributed by atoms with Crippen LogP contribution in [0.1, 0.15) is 0 Å². The summed E-state index contributed by atoms with van der Waals surface area (Å²) < 4.78 is 52.4. The molecule has 0 saturated carbocycles. The highest BCUT2D eigenvalue weighted by molar-refractivity contribution is 7.61. The molecule has 10 heteroatoms. The van der Waals surface area contributed by atoms with Crippen molar-refractivity contribution in [3.63, 3.8) is 0 Å². The molecule has 5 N–H and O–H groups in total. The van der Waals surface area contributed by atoms with Gasteiger partial charge < -0.3 is 20.9 Å². The third-order valence-corrected chi connectivity index (χ3v) is 4.91. The van der Waals surface area contributed by atoms with E-state index in [0.29, 0.717) is 0 Å². The maximum absolute atomic E-state index is 12.2. The molecular formula is C8H18F2N2O4P2. The molecule has 0 aromatic rings. The molecule has 0 rings (SSSR count). The van der Waals surface area contributed by atoms with Crippen LogP contribution in [0.4, 0.5) is 8.78 Å². The zero-order valence-corrected chi connectivity index (χ0v) is 11.7. The van der Waals surface area contributed by atoms with Crippen LogP contribution in [-0.2, 0) is 13.7 Å². The highest BCUT2D eigenvalue weighted by Gasteiger charge is 2.35. The van der Waals surface area contributed by atoms with E-state index in [4.69, 9.17) is 20.9 Å². The van der Waals surface area contributed by atoms with E-state index >= 15 is 0 Å². The average molecular weight is 306 g/mol. The lowest BCUT2D eigenvalue weighted by molar-refractivity contribution is 0.198.